The van der Waals surface area contributed by atoms with E-state index < -0.39 is 0 Å². The molecule has 1 aromatic heterocycles. The van der Waals surface area contributed by atoms with Crippen molar-refractivity contribution in [3.8, 4) is 0 Å². The Hall–Kier alpha value is -1.83. The molecule has 0 aliphatic rings. The molecular weight excluding hydrogens is 184 g/mol. The van der Waals surface area contributed by atoms with Crippen molar-refractivity contribution < 1.29 is 0 Å². The highest BCUT2D eigenvalue weighted by Crippen LogP contribution is 2.19. The molecular formula is C13H14N2. The van der Waals surface area contributed by atoms with Crippen LogP contribution in [0.15, 0.2) is 55.5 Å². The van der Waals surface area contributed by atoms with E-state index in [1.54, 1.807) is 6.33 Å². The quantitative estimate of drug-likeness (QED) is 0.752. The number of rotatable bonds is 4. The third-order valence-corrected chi connectivity index (χ3v) is 2.48. The highest BCUT2D eigenvalue weighted by atomic mass is 14.9. The van der Waals surface area contributed by atoms with Crippen molar-refractivity contribution in [3.05, 3.63) is 66.8 Å². The maximum absolute atomic E-state index is 4.26. The van der Waals surface area contributed by atoms with Gasteiger partial charge < -0.3 is 4.98 Å². The van der Waals surface area contributed by atoms with Gasteiger partial charge in [0.1, 0.15) is 0 Å². The number of aromatic amines is 1. The molecule has 0 amide bonds. The number of hydrogen-bond donors (Lipinski definition) is 1. The smallest absolute Gasteiger partial charge is 0.0923 e. The van der Waals surface area contributed by atoms with E-state index >= 15 is 0 Å². The lowest BCUT2D eigenvalue weighted by Gasteiger charge is -2.09. The molecule has 0 aliphatic carbocycles. The van der Waals surface area contributed by atoms with E-state index in [4.69, 9.17) is 0 Å². The van der Waals surface area contributed by atoms with Gasteiger partial charge in [-0.2, -0.15) is 0 Å². The van der Waals surface area contributed by atoms with Crippen LogP contribution in [0.5, 0.6) is 0 Å². The Morgan fingerprint density at radius 2 is 2.13 bits per heavy atom. The van der Waals surface area contributed by atoms with E-state index in [9.17, 15) is 0 Å². The molecule has 0 spiro atoms. The van der Waals surface area contributed by atoms with Gasteiger partial charge in [-0.15, -0.1) is 6.58 Å². The minimum atomic E-state index is 0.290. The first-order chi connectivity index (χ1) is 7.40. The minimum Gasteiger partial charge on any atom is -0.351 e. The van der Waals surface area contributed by atoms with Gasteiger partial charge in [0.05, 0.1) is 12.0 Å². The van der Waals surface area contributed by atoms with Crippen molar-refractivity contribution in [2.24, 2.45) is 0 Å². The summed E-state index contributed by atoms with van der Waals surface area (Å²) in [5.41, 5.74) is 2.36. The van der Waals surface area contributed by atoms with Crippen LogP contribution >= 0.6 is 0 Å². The first kappa shape index (κ1) is 9.71. The van der Waals surface area contributed by atoms with Crippen molar-refractivity contribution in [1.82, 2.24) is 9.97 Å². The summed E-state index contributed by atoms with van der Waals surface area (Å²) in [5.74, 6) is 0.290. The Bertz CT molecular complexity index is 403. The highest BCUT2D eigenvalue weighted by molar-refractivity contribution is 5.21. The molecule has 1 heterocycles. The Balaban J connectivity index is 2.13. The second kappa shape index (κ2) is 4.60. The lowest BCUT2D eigenvalue weighted by atomic mass is 9.97. The van der Waals surface area contributed by atoms with Crippen LogP contribution in [0.4, 0.5) is 0 Å². The lowest BCUT2D eigenvalue weighted by Crippen LogP contribution is -1.99. The summed E-state index contributed by atoms with van der Waals surface area (Å²) in [6.07, 6.45) is 6.53. The van der Waals surface area contributed by atoms with Gasteiger partial charge in [-0.25, -0.2) is 4.98 Å². The SMILES string of the molecule is C=CC(Cc1ccccc1)c1c[nH]cn1. The molecule has 0 bridgehead atoms. The van der Waals surface area contributed by atoms with Crippen molar-refractivity contribution in [1.29, 1.82) is 0 Å². The Kier molecular flexibility index (Phi) is 2.98. The van der Waals surface area contributed by atoms with Gasteiger partial charge in [0.2, 0.25) is 0 Å². The summed E-state index contributed by atoms with van der Waals surface area (Å²) in [5, 5.41) is 0. The molecule has 1 aromatic carbocycles. The molecule has 15 heavy (non-hydrogen) atoms. The topological polar surface area (TPSA) is 28.7 Å². The van der Waals surface area contributed by atoms with Gasteiger partial charge >= 0.3 is 0 Å². The predicted octanol–water partition coefficient (Wildman–Crippen LogP) is 2.92. The first-order valence-corrected chi connectivity index (χ1v) is 5.05. The molecule has 1 atom stereocenters. The molecule has 0 radical (unpaired) electrons. The first-order valence-electron chi connectivity index (χ1n) is 5.05. The number of aromatic nitrogens is 2. The minimum absolute atomic E-state index is 0.290. The van der Waals surface area contributed by atoms with Crippen LogP contribution in [-0.4, -0.2) is 9.97 Å². The molecule has 1 unspecified atom stereocenters. The number of nitrogens with one attached hydrogen (secondary N) is 1. The monoisotopic (exact) mass is 198 g/mol. The molecule has 0 saturated carbocycles. The summed E-state index contributed by atoms with van der Waals surface area (Å²) in [6, 6.07) is 10.4. The fraction of sp³-hybridized carbons (Fsp3) is 0.154. The average Bonchev–Trinajstić information content (AvgIpc) is 2.81. The summed E-state index contributed by atoms with van der Waals surface area (Å²) < 4.78 is 0. The Morgan fingerprint density at radius 3 is 2.73 bits per heavy atom. The fourth-order valence-electron chi connectivity index (χ4n) is 1.65. The van der Waals surface area contributed by atoms with E-state index in [2.05, 4.69) is 40.8 Å². The highest BCUT2D eigenvalue weighted by Gasteiger charge is 2.09. The summed E-state index contributed by atoms with van der Waals surface area (Å²) >= 11 is 0. The van der Waals surface area contributed by atoms with Gasteiger partial charge in [-0.05, 0) is 12.0 Å². The van der Waals surface area contributed by atoms with Crippen LogP contribution in [0.2, 0.25) is 0 Å². The van der Waals surface area contributed by atoms with Gasteiger partial charge in [0.25, 0.3) is 0 Å². The van der Waals surface area contributed by atoms with Crippen LogP contribution in [0.25, 0.3) is 0 Å². The van der Waals surface area contributed by atoms with E-state index in [-0.39, 0.29) is 0 Å². The number of benzene rings is 1. The molecule has 0 aliphatic heterocycles. The molecule has 0 fully saturated rings. The van der Waals surface area contributed by atoms with E-state index in [0.29, 0.717) is 5.92 Å². The normalized spacial score (nSPS) is 12.3. The maximum atomic E-state index is 4.26. The third kappa shape index (κ3) is 2.34. The molecule has 0 saturated heterocycles. The van der Waals surface area contributed by atoms with Gasteiger partial charge in [-0.1, -0.05) is 36.4 Å². The predicted molar refractivity (Wildman–Crippen MR) is 61.7 cm³/mol. The second-order valence-electron chi connectivity index (χ2n) is 3.53. The van der Waals surface area contributed by atoms with E-state index in [0.717, 1.165) is 12.1 Å². The van der Waals surface area contributed by atoms with Crippen LogP contribution in [0, 0.1) is 0 Å². The molecule has 2 aromatic rings. The van der Waals surface area contributed by atoms with Crippen LogP contribution in [0.3, 0.4) is 0 Å². The number of allylic oxidation sites excluding steroid dienone is 1. The van der Waals surface area contributed by atoms with Crippen molar-refractivity contribution in [3.63, 3.8) is 0 Å². The van der Waals surface area contributed by atoms with Crippen LogP contribution in [0.1, 0.15) is 17.2 Å². The maximum Gasteiger partial charge on any atom is 0.0923 e. The van der Waals surface area contributed by atoms with Crippen LogP contribution < -0.4 is 0 Å². The molecule has 76 valence electrons. The molecule has 2 heteroatoms. The lowest BCUT2D eigenvalue weighted by molar-refractivity contribution is 0.810. The van der Waals surface area contributed by atoms with Crippen molar-refractivity contribution >= 4 is 0 Å². The van der Waals surface area contributed by atoms with Gasteiger partial charge in [-0.3, -0.25) is 0 Å². The molecule has 2 nitrogen and oxygen atoms in total. The molecule has 2 rings (SSSR count). The number of imidazole rings is 1. The summed E-state index contributed by atoms with van der Waals surface area (Å²) in [7, 11) is 0. The standard InChI is InChI=1S/C13H14N2/c1-2-12(13-9-14-10-15-13)8-11-6-4-3-5-7-11/h2-7,9-10,12H,1,8H2,(H,14,15). The second-order valence-corrected chi connectivity index (χ2v) is 3.53. The average molecular weight is 198 g/mol. The Labute approximate surface area is 89.7 Å². The number of H-pyrrole nitrogens is 1. The zero-order valence-corrected chi connectivity index (χ0v) is 8.56. The van der Waals surface area contributed by atoms with Gasteiger partial charge in [0, 0.05) is 12.1 Å². The Morgan fingerprint density at radius 1 is 1.33 bits per heavy atom. The summed E-state index contributed by atoms with van der Waals surface area (Å²) in [4.78, 5) is 7.23. The van der Waals surface area contributed by atoms with Gasteiger partial charge in [0.15, 0.2) is 0 Å². The number of nitrogens with zero attached hydrogens (tertiary/aromatic N) is 1. The summed E-state index contributed by atoms with van der Waals surface area (Å²) in [6.45, 7) is 3.86. The van der Waals surface area contributed by atoms with Crippen LogP contribution in [-0.2, 0) is 6.42 Å². The van der Waals surface area contributed by atoms with Crippen molar-refractivity contribution in [2.75, 3.05) is 0 Å². The molecule has 1 N–H and O–H groups in total. The zero-order chi connectivity index (χ0) is 10.5. The zero-order valence-electron chi connectivity index (χ0n) is 8.56. The fourth-order valence-corrected chi connectivity index (χ4v) is 1.65. The van der Waals surface area contributed by atoms with E-state index in [1.807, 2.05) is 18.3 Å². The number of hydrogen-bond acceptors (Lipinski definition) is 1. The largest absolute Gasteiger partial charge is 0.351 e. The van der Waals surface area contributed by atoms with E-state index in [1.165, 1.54) is 5.56 Å². The van der Waals surface area contributed by atoms with Crippen molar-refractivity contribution in [2.45, 2.75) is 12.3 Å². The third-order valence-electron chi connectivity index (χ3n) is 2.48.